The largest absolute Gasteiger partial charge is 0.311 e. The molecule has 25 heavy (non-hydrogen) atoms. The third-order valence-corrected chi connectivity index (χ3v) is 6.87. The molecule has 1 aromatic carbocycles. The van der Waals surface area contributed by atoms with Crippen LogP contribution in [0.5, 0.6) is 0 Å². The van der Waals surface area contributed by atoms with E-state index in [9.17, 15) is 13.2 Å². The Morgan fingerprint density at radius 2 is 1.80 bits per heavy atom. The Morgan fingerprint density at radius 1 is 1.08 bits per heavy atom. The highest BCUT2D eigenvalue weighted by Gasteiger charge is 2.26. The molecule has 1 amide bonds. The zero-order valence-corrected chi connectivity index (χ0v) is 15.9. The van der Waals surface area contributed by atoms with Gasteiger partial charge in [0.05, 0.1) is 11.4 Å². The molecule has 0 unspecified atom stereocenters. The molecule has 0 aliphatic carbocycles. The number of piperidine rings is 1. The first kappa shape index (κ1) is 18.4. The van der Waals surface area contributed by atoms with Crippen LogP contribution >= 0.6 is 0 Å². The molecule has 0 bridgehead atoms. The molecule has 0 spiro atoms. The Labute approximate surface area is 150 Å². The van der Waals surface area contributed by atoms with Crippen LogP contribution in [-0.2, 0) is 21.2 Å². The van der Waals surface area contributed by atoms with Gasteiger partial charge in [-0.05, 0) is 62.5 Å². The molecule has 0 N–H and O–H groups in total. The second-order valence-electron chi connectivity index (χ2n) is 7.06. The molecule has 0 atom stereocenters. The standard InChI is InChI=1S/C18H27N3O3S/c1-19(2)25(23,24)16-8-9-17-15(13-16)7-6-12-21(17)18(22)14-20-10-4-3-5-11-20/h8-9,13H,3-7,10-12,14H2,1-2H3. The van der Waals surface area contributed by atoms with Gasteiger partial charge in [-0.1, -0.05) is 6.42 Å². The first-order valence-corrected chi connectivity index (χ1v) is 10.4. The van der Waals surface area contributed by atoms with Crippen molar-refractivity contribution in [2.45, 2.75) is 37.0 Å². The van der Waals surface area contributed by atoms with Crippen LogP contribution < -0.4 is 4.90 Å². The minimum absolute atomic E-state index is 0.117. The van der Waals surface area contributed by atoms with Crippen molar-refractivity contribution in [3.8, 4) is 0 Å². The minimum atomic E-state index is -3.45. The molecule has 2 heterocycles. The topological polar surface area (TPSA) is 60.9 Å². The number of carbonyl (C=O) groups excluding carboxylic acids is 1. The van der Waals surface area contributed by atoms with E-state index in [0.717, 1.165) is 50.0 Å². The summed E-state index contributed by atoms with van der Waals surface area (Å²) in [6.45, 7) is 3.15. The van der Waals surface area contributed by atoms with Crippen LogP contribution in [0.2, 0.25) is 0 Å². The van der Waals surface area contributed by atoms with Gasteiger partial charge in [0.25, 0.3) is 0 Å². The van der Waals surface area contributed by atoms with Crippen LogP contribution in [-0.4, -0.2) is 63.8 Å². The van der Waals surface area contributed by atoms with Crippen molar-refractivity contribution in [2.75, 3.05) is 45.2 Å². The number of hydrogen-bond acceptors (Lipinski definition) is 4. The Hall–Kier alpha value is -1.44. The summed E-state index contributed by atoms with van der Waals surface area (Å²) in [7, 11) is -0.387. The zero-order valence-electron chi connectivity index (χ0n) is 15.1. The van der Waals surface area contributed by atoms with E-state index >= 15 is 0 Å². The maximum Gasteiger partial charge on any atom is 0.242 e. The van der Waals surface area contributed by atoms with E-state index in [1.165, 1.54) is 24.8 Å². The fourth-order valence-corrected chi connectivity index (χ4v) is 4.55. The average Bonchev–Trinajstić information content (AvgIpc) is 2.61. The molecular formula is C18H27N3O3S. The lowest BCUT2D eigenvalue weighted by molar-refractivity contribution is -0.120. The lowest BCUT2D eigenvalue weighted by atomic mass is 10.0. The number of rotatable bonds is 4. The lowest BCUT2D eigenvalue weighted by Gasteiger charge is -2.33. The maximum absolute atomic E-state index is 12.8. The third-order valence-electron chi connectivity index (χ3n) is 5.06. The highest BCUT2D eigenvalue weighted by Crippen LogP contribution is 2.30. The van der Waals surface area contributed by atoms with E-state index in [1.807, 2.05) is 4.90 Å². The van der Waals surface area contributed by atoms with Crippen molar-refractivity contribution >= 4 is 21.6 Å². The molecule has 0 aromatic heterocycles. The summed E-state index contributed by atoms with van der Waals surface area (Å²) in [5.74, 6) is 0.117. The van der Waals surface area contributed by atoms with Gasteiger partial charge >= 0.3 is 0 Å². The van der Waals surface area contributed by atoms with Gasteiger partial charge in [-0.3, -0.25) is 9.69 Å². The number of fused-ring (bicyclic) bond motifs is 1. The highest BCUT2D eigenvalue weighted by atomic mass is 32.2. The van der Waals surface area contributed by atoms with Crippen LogP contribution in [0.25, 0.3) is 0 Å². The summed E-state index contributed by atoms with van der Waals surface area (Å²) in [5.41, 5.74) is 1.81. The molecule has 138 valence electrons. The van der Waals surface area contributed by atoms with Gasteiger partial charge in [0.2, 0.25) is 15.9 Å². The van der Waals surface area contributed by atoms with Crippen LogP contribution in [0.15, 0.2) is 23.1 Å². The zero-order chi connectivity index (χ0) is 18.0. The van der Waals surface area contributed by atoms with Gasteiger partial charge in [-0.15, -0.1) is 0 Å². The molecule has 7 heteroatoms. The lowest BCUT2D eigenvalue weighted by Crippen LogP contribution is -2.44. The van der Waals surface area contributed by atoms with Crippen molar-refractivity contribution in [3.05, 3.63) is 23.8 Å². The summed E-state index contributed by atoms with van der Waals surface area (Å²) in [6.07, 6.45) is 5.25. The Morgan fingerprint density at radius 3 is 2.48 bits per heavy atom. The number of likely N-dealkylation sites (tertiary alicyclic amines) is 1. The second-order valence-corrected chi connectivity index (χ2v) is 9.22. The molecule has 1 fully saturated rings. The first-order valence-electron chi connectivity index (χ1n) is 8.98. The van der Waals surface area contributed by atoms with Gasteiger partial charge in [0.1, 0.15) is 0 Å². The van der Waals surface area contributed by atoms with Crippen molar-refractivity contribution in [1.29, 1.82) is 0 Å². The molecule has 6 nitrogen and oxygen atoms in total. The predicted molar refractivity (Wildman–Crippen MR) is 98.3 cm³/mol. The van der Waals surface area contributed by atoms with E-state index in [1.54, 1.807) is 18.2 Å². The monoisotopic (exact) mass is 365 g/mol. The Bertz CT molecular complexity index is 740. The number of hydrogen-bond donors (Lipinski definition) is 0. The Kier molecular flexibility index (Phi) is 5.46. The van der Waals surface area contributed by atoms with Gasteiger partial charge in [0.15, 0.2) is 0 Å². The quantitative estimate of drug-likeness (QED) is 0.815. The smallest absolute Gasteiger partial charge is 0.242 e. The van der Waals surface area contributed by atoms with Crippen LogP contribution in [0.1, 0.15) is 31.2 Å². The molecule has 1 aromatic rings. The van der Waals surface area contributed by atoms with E-state index in [0.29, 0.717) is 18.0 Å². The number of carbonyl (C=O) groups is 1. The SMILES string of the molecule is CN(C)S(=O)(=O)c1ccc2c(c1)CCCN2C(=O)CN1CCCCC1. The normalized spacial score (nSPS) is 19.1. The number of benzene rings is 1. The van der Waals surface area contributed by atoms with Crippen molar-refractivity contribution < 1.29 is 13.2 Å². The molecule has 1 saturated heterocycles. The fraction of sp³-hybridized carbons (Fsp3) is 0.611. The predicted octanol–water partition coefficient (Wildman–Crippen LogP) is 1.70. The molecule has 0 radical (unpaired) electrons. The Balaban J connectivity index is 1.81. The highest BCUT2D eigenvalue weighted by molar-refractivity contribution is 7.89. The van der Waals surface area contributed by atoms with Crippen LogP contribution in [0.4, 0.5) is 5.69 Å². The van der Waals surface area contributed by atoms with E-state index in [2.05, 4.69) is 4.90 Å². The number of amides is 1. The third kappa shape index (κ3) is 3.88. The first-order chi connectivity index (χ1) is 11.9. The fourth-order valence-electron chi connectivity index (χ4n) is 3.60. The van der Waals surface area contributed by atoms with Gasteiger partial charge in [0, 0.05) is 26.3 Å². The van der Waals surface area contributed by atoms with Crippen molar-refractivity contribution in [2.24, 2.45) is 0 Å². The second kappa shape index (κ2) is 7.43. The number of sulfonamides is 1. The van der Waals surface area contributed by atoms with Crippen molar-refractivity contribution in [1.82, 2.24) is 9.21 Å². The van der Waals surface area contributed by atoms with Gasteiger partial charge < -0.3 is 4.90 Å². The summed E-state index contributed by atoms with van der Waals surface area (Å²) < 4.78 is 25.9. The molecule has 2 aliphatic heterocycles. The molecule has 3 rings (SSSR count). The van der Waals surface area contributed by atoms with Gasteiger partial charge in [-0.25, -0.2) is 12.7 Å². The number of aryl methyl sites for hydroxylation is 1. The summed E-state index contributed by atoms with van der Waals surface area (Å²) in [5, 5.41) is 0. The number of nitrogens with zero attached hydrogens (tertiary/aromatic N) is 3. The van der Waals surface area contributed by atoms with Crippen LogP contribution in [0.3, 0.4) is 0 Å². The van der Waals surface area contributed by atoms with Gasteiger partial charge in [-0.2, -0.15) is 0 Å². The molecule has 2 aliphatic rings. The van der Waals surface area contributed by atoms with E-state index in [-0.39, 0.29) is 5.91 Å². The summed E-state index contributed by atoms with van der Waals surface area (Å²) >= 11 is 0. The average molecular weight is 365 g/mol. The molecular weight excluding hydrogens is 338 g/mol. The summed E-state index contributed by atoms with van der Waals surface area (Å²) in [6, 6.07) is 5.13. The number of anilines is 1. The maximum atomic E-state index is 12.8. The van der Waals surface area contributed by atoms with Crippen molar-refractivity contribution in [3.63, 3.8) is 0 Å². The van der Waals surface area contributed by atoms with E-state index < -0.39 is 10.0 Å². The molecule has 0 saturated carbocycles. The summed E-state index contributed by atoms with van der Waals surface area (Å²) in [4.78, 5) is 17.1. The van der Waals surface area contributed by atoms with E-state index in [4.69, 9.17) is 0 Å². The minimum Gasteiger partial charge on any atom is -0.311 e. The van der Waals surface area contributed by atoms with Crippen LogP contribution in [0, 0.1) is 0 Å².